The molecule has 0 bridgehead atoms. The van der Waals surface area contributed by atoms with Gasteiger partial charge in [-0.1, -0.05) is 0 Å². The van der Waals surface area contributed by atoms with Crippen molar-refractivity contribution in [2.75, 3.05) is 0 Å². The van der Waals surface area contributed by atoms with Crippen LogP contribution < -0.4 is 0 Å². The topological polar surface area (TPSA) is 48.6 Å². The summed E-state index contributed by atoms with van der Waals surface area (Å²) < 4.78 is 8.06. The molecule has 2 N–H and O–H groups in total. The highest BCUT2D eigenvalue weighted by molar-refractivity contribution is 5.85. The van der Waals surface area contributed by atoms with Crippen LogP contribution in [0.2, 0.25) is 0 Å². The predicted octanol–water partition coefficient (Wildman–Crippen LogP) is -1.71. The lowest BCUT2D eigenvalue weighted by atomic mass is 16.0. The van der Waals surface area contributed by atoms with Crippen molar-refractivity contribution >= 4 is 21.1 Å². The zero-order valence-corrected chi connectivity index (χ0v) is 3.91. The molecular formula is H2O2Si2. The molecule has 0 aromatic heterocycles. The van der Waals surface area contributed by atoms with Gasteiger partial charge in [0.1, 0.15) is 0 Å². The molecule has 0 amide bonds. The number of rotatable bonds is 0. The van der Waals surface area contributed by atoms with Gasteiger partial charge in [-0.2, -0.15) is 0 Å². The lowest BCUT2D eigenvalue weighted by Crippen LogP contribution is -0.969. The maximum atomic E-state index is 8.06. The molecule has 0 fully saturated rings. The quantitative estimate of drug-likeness (QED) is 0.327. The highest BCUT2D eigenvalue weighted by atomic mass is 28.1. The molecule has 6 radical (unpaired) electrons. The molecule has 0 aliphatic rings. The van der Waals surface area contributed by atoms with E-state index in [2.05, 4.69) is 0 Å². The Bertz CT molecular complexity index is 4.00. The minimum Gasteiger partial charge on any atom is -0.412 e. The van der Waals surface area contributed by atoms with Crippen molar-refractivity contribution in [2.24, 2.45) is 0 Å². The van der Waals surface area contributed by atoms with Gasteiger partial charge in [-0.05, 0) is 0 Å². The second kappa shape index (κ2) is 409. The molecule has 0 spiro atoms. The molecule has 0 heterocycles. The van der Waals surface area contributed by atoms with Gasteiger partial charge in [-0.3, -0.25) is 0 Å². The molecule has 4 heteroatoms. The van der Waals surface area contributed by atoms with Gasteiger partial charge in [0.2, 0.25) is 0 Å². The second-order valence-corrected chi connectivity index (χ2v) is 0. The highest BCUT2D eigenvalue weighted by Crippen LogP contribution is 0.469. The molecule has 0 rings (SSSR count). The van der Waals surface area contributed by atoms with Crippen LogP contribution in [-0.2, 0) is 4.46 Å². The third-order valence-electron chi connectivity index (χ3n) is 0. The average Bonchev–Trinajstić information content (AvgIpc) is 1.00. The summed E-state index contributed by atoms with van der Waals surface area (Å²) in [5.41, 5.74) is 0. The Balaban J connectivity index is -0.00000000500. The van der Waals surface area contributed by atoms with E-state index in [9.17, 15) is 0 Å². The molecule has 0 aromatic carbocycles. The van der Waals surface area contributed by atoms with Gasteiger partial charge in [0.05, 0.1) is 0 Å². The van der Waals surface area contributed by atoms with E-state index in [4.69, 9.17) is 4.46 Å². The SMILES string of the molecule is O.O=[Si].[Si]. The Morgan fingerprint density at radius 1 is 1.25 bits per heavy atom. The second-order valence-electron chi connectivity index (χ2n) is 0. The van der Waals surface area contributed by atoms with Gasteiger partial charge in [0.25, 0.3) is 0 Å². The van der Waals surface area contributed by atoms with Gasteiger partial charge in [0.15, 0.2) is 0 Å². The van der Waals surface area contributed by atoms with Crippen molar-refractivity contribution in [2.45, 2.75) is 0 Å². The standard InChI is InChI=1S/OSi.H2O.Si/c1-2;;/h;1H2;. The summed E-state index contributed by atoms with van der Waals surface area (Å²) in [6.07, 6.45) is 0. The molecule has 0 saturated carbocycles. The maximum absolute atomic E-state index is 8.06. The first-order chi connectivity index (χ1) is 1.00. The Morgan fingerprint density at radius 3 is 1.25 bits per heavy atom. The van der Waals surface area contributed by atoms with Crippen molar-refractivity contribution in [3.05, 3.63) is 0 Å². The van der Waals surface area contributed by atoms with E-state index in [0.717, 1.165) is 0 Å². The van der Waals surface area contributed by atoms with Crippen molar-refractivity contribution in [3.63, 3.8) is 0 Å². The van der Waals surface area contributed by atoms with Crippen LogP contribution in [0.3, 0.4) is 0 Å². The lowest BCUT2D eigenvalue weighted by molar-refractivity contribution is 0.590. The number of hydrogen-bond acceptors (Lipinski definition) is 1. The van der Waals surface area contributed by atoms with Crippen molar-refractivity contribution in [1.82, 2.24) is 0 Å². The molecular weight excluding hydrogens is 88.2 g/mol. The van der Waals surface area contributed by atoms with Gasteiger partial charge in [-0.15, -0.1) is 0 Å². The van der Waals surface area contributed by atoms with Gasteiger partial charge < -0.3 is 9.94 Å². The van der Waals surface area contributed by atoms with Crippen LogP contribution in [0.15, 0.2) is 0 Å². The van der Waals surface area contributed by atoms with Crippen molar-refractivity contribution < 1.29 is 9.94 Å². The van der Waals surface area contributed by atoms with E-state index in [1.54, 1.807) is 10.1 Å². The Hall–Kier alpha value is 0.194. The van der Waals surface area contributed by atoms with Gasteiger partial charge >= 0.3 is 10.1 Å². The first kappa shape index (κ1) is 30.0. The van der Waals surface area contributed by atoms with Crippen molar-refractivity contribution in [1.29, 1.82) is 0 Å². The molecule has 22 valence electrons. The number of hydrogen-bond donors (Lipinski definition) is 0. The van der Waals surface area contributed by atoms with Crippen molar-refractivity contribution in [3.8, 4) is 0 Å². The molecule has 0 saturated heterocycles. The minimum atomic E-state index is 0. The van der Waals surface area contributed by atoms with Crippen LogP contribution in [0.5, 0.6) is 0 Å². The van der Waals surface area contributed by atoms with Crippen LogP contribution in [0.1, 0.15) is 0 Å². The van der Waals surface area contributed by atoms with Crippen LogP contribution in [-0.4, -0.2) is 26.6 Å². The van der Waals surface area contributed by atoms with Crippen LogP contribution >= 0.6 is 0 Å². The molecule has 4 heavy (non-hydrogen) atoms. The lowest BCUT2D eigenvalue weighted by Gasteiger charge is -0.803. The molecule has 0 aliphatic heterocycles. The third kappa shape index (κ3) is 83.3. The largest absolute Gasteiger partial charge is 0.412 e. The summed E-state index contributed by atoms with van der Waals surface area (Å²) in [6, 6.07) is 0. The maximum Gasteiger partial charge on any atom is 0.381 e. The summed E-state index contributed by atoms with van der Waals surface area (Å²) in [5, 5.41) is 0. The summed E-state index contributed by atoms with van der Waals surface area (Å²) in [6.45, 7) is 0. The first-order valence-corrected chi connectivity index (χ1v) is 0.612. The van der Waals surface area contributed by atoms with Gasteiger partial charge in [-0.25, -0.2) is 0 Å². The molecule has 0 aliphatic carbocycles. The third-order valence-corrected chi connectivity index (χ3v) is 0. The predicted molar refractivity (Wildman–Crippen MR) is 15.8 cm³/mol. The Kier molecular flexibility index (Phi) is 3070. The molecule has 0 aromatic rings. The Labute approximate surface area is 32.0 Å². The van der Waals surface area contributed by atoms with Crippen LogP contribution in [0.25, 0.3) is 0 Å². The van der Waals surface area contributed by atoms with E-state index in [1.165, 1.54) is 0 Å². The Morgan fingerprint density at radius 2 is 1.25 bits per heavy atom. The zero-order chi connectivity index (χ0) is 2.00. The first-order valence-electron chi connectivity index (χ1n) is 0.204. The van der Waals surface area contributed by atoms with E-state index < -0.39 is 0 Å². The highest BCUT2D eigenvalue weighted by Gasteiger charge is 0.803. The summed E-state index contributed by atoms with van der Waals surface area (Å²) in [5.74, 6) is 0. The average molecular weight is 90.2 g/mol. The summed E-state index contributed by atoms with van der Waals surface area (Å²) in [4.78, 5) is 0. The monoisotopic (exact) mass is 90.0 g/mol. The molecule has 2 nitrogen and oxygen atoms in total. The summed E-state index contributed by atoms with van der Waals surface area (Å²) in [7, 11) is 1.72. The normalized spacial score (nSPS) is 1.00. The van der Waals surface area contributed by atoms with Crippen LogP contribution in [0, 0.1) is 0 Å². The molecule has 0 atom stereocenters. The smallest absolute Gasteiger partial charge is 0.381 e. The van der Waals surface area contributed by atoms with E-state index in [1.807, 2.05) is 0 Å². The van der Waals surface area contributed by atoms with Crippen LogP contribution in [0.4, 0.5) is 0 Å². The minimum absolute atomic E-state index is 0. The fourth-order valence-electron chi connectivity index (χ4n) is 0. The van der Waals surface area contributed by atoms with E-state index in [-0.39, 0.29) is 16.4 Å². The summed E-state index contributed by atoms with van der Waals surface area (Å²) >= 11 is 0. The zero-order valence-electron chi connectivity index (χ0n) is 1.91. The van der Waals surface area contributed by atoms with E-state index in [0.29, 0.717) is 0 Å². The fourth-order valence-corrected chi connectivity index (χ4v) is 0. The van der Waals surface area contributed by atoms with Gasteiger partial charge in [0, 0.05) is 11.0 Å². The fraction of sp³-hybridized carbons (Fsp3) is 0. The van der Waals surface area contributed by atoms with E-state index >= 15 is 0 Å². The molecule has 0 unspecified atom stereocenters.